The van der Waals surface area contributed by atoms with E-state index in [2.05, 4.69) is 18.2 Å². The average Bonchev–Trinajstić information content (AvgIpc) is 2.18. The highest BCUT2D eigenvalue weighted by atomic mass is 14.7. The van der Waals surface area contributed by atoms with Crippen LogP contribution in [0.25, 0.3) is 0 Å². The van der Waals surface area contributed by atoms with E-state index >= 15 is 0 Å². The quantitative estimate of drug-likeness (QED) is 0.506. The molecule has 0 aromatic heterocycles. The number of rotatable bonds is 3. The molecule has 1 aliphatic rings. The van der Waals surface area contributed by atoms with E-state index in [1.165, 1.54) is 5.57 Å². The predicted molar refractivity (Wildman–Crippen MR) is 51.4 cm³/mol. The molecular formula is C9H17N3. The molecule has 0 heterocycles. The van der Waals surface area contributed by atoms with Crippen LogP contribution in [0.5, 0.6) is 0 Å². The van der Waals surface area contributed by atoms with Gasteiger partial charge in [-0.3, -0.25) is 0 Å². The molecule has 6 N–H and O–H groups in total. The zero-order chi connectivity index (χ0) is 9.03. The van der Waals surface area contributed by atoms with Gasteiger partial charge in [0.05, 0.1) is 0 Å². The van der Waals surface area contributed by atoms with E-state index in [0.29, 0.717) is 19.6 Å². The largest absolute Gasteiger partial charge is 0.329 e. The summed E-state index contributed by atoms with van der Waals surface area (Å²) in [5, 5.41) is 0. The molecule has 0 saturated carbocycles. The fraction of sp³-hybridized carbons (Fsp3) is 0.556. The lowest BCUT2D eigenvalue weighted by Gasteiger charge is -2.27. The second kappa shape index (κ2) is 3.85. The molecule has 0 unspecified atom stereocenters. The van der Waals surface area contributed by atoms with Crippen LogP contribution in [0.15, 0.2) is 23.8 Å². The lowest BCUT2D eigenvalue weighted by molar-refractivity contribution is 0.506. The summed E-state index contributed by atoms with van der Waals surface area (Å²) in [5.41, 5.74) is 17.9. The van der Waals surface area contributed by atoms with E-state index in [4.69, 9.17) is 17.2 Å². The van der Waals surface area contributed by atoms with Gasteiger partial charge < -0.3 is 17.2 Å². The first-order chi connectivity index (χ1) is 5.76. The van der Waals surface area contributed by atoms with Gasteiger partial charge in [-0.1, -0.05) is 23.8 Å². The topological polar surface area (TPSA) is 78.1 Å². The molecule has 3 heteroatoms. The first-order valence-corrected chi connectivity index (χ1v) is 4.25. The number of allylic oxidation sites excluding steroid dienone is 1. The van der Waals surface area contributed by atoms with Crippen molar-refractivity contribution in [2.45, 2.75) is 6.42 Å². The fourth-order valence-corrected chi connectivity index (χ4v) is 1.44. The molecular weight excluding hydrogens is 150 g/mol. The molecule has 0 fully saturated rings. The molecule has 0 aromatic rings. The van der Waals surface area contributed by atoms with E-state index in [-0.39, 0.29) is 5.41 Å². The molecule has 0 saturated heterocycles. The van der Waals surface area contributed by atoms with Gasteiger partial charge >= 0.3 is 0 Å². The molecule has 12 heavy (non-hydrogen) atoms. The summed E-state index contributed by atoms with van der Waals surface area (Å²) < 4.78 is 0. The minimum atomic E-state index is -0.132. The van der Waals surface area contributed by atoms with Crippen molar-refractivity contribution in [3.05, 3.63) is 23.8 Å². The maximum Gasteiger partial charge on any atom is 0.0310 e. The zero-order valence-corrected chi connectivity index (χ0v) is 7.29. The van der Waals surface area contributed by atoms with Crippen LogP contribution in [0, 0.1) is 5.41 Å². The van der Waals surface area contributed by atoms with Gasteiger partial charge in [0.25, 0.3) is 0 Å². The van der Waals surface area contributed by atoms with Crippen molar-refractivity contribution in [1.82, 2.24) is 0 Å². The van der Waals surface area contributed by atoms with Crippen molar-refractivity contribution < 1.29 is 0 Å². The average molecular weight is 167 g/mol. The first kappa shape index (κ1) is 9.45. The Morgan fingerprint density at radius 3 is 2.42 bits per heavy atom. The summed E-state index contributed by atoms with van der Waals surface area (Å²) in [6.45, 7) is 1.72. The Kier molecular flexibility index (Phi) is 3.03. The van der Waals surface area contributed by atoms with E-state index in [1.807, 2.05) is 0 Å². The SMILES string of the molecule is NCC1=CC(CN)(CN)C=CC1. The van der Waals surface area contributed by atoms with Crippen LogP contribution in [-0.4, -0.2) is 19.6 Å². The molecule has 0 bridgehead atoms. The number of nitrogens with two attached hydrogens (primary N) is 3. The van der Waals surface area contributed by atoms with Gasteiger partial charge in [-0.25, -0.2) is 0 Å². The summed E-state index contributed by atoms with van der Waals surface area (Å²) in [5.74, 6) is 0. The third-order valence-corrected chi connectivity index (χ3v) is 2.34. The van der Waals surface area contributed by atoms with Crippen LogP contribution in [0.3, 0.4) is 0 Å². The minimum Gasteiger partial charge on any atom is -0.329 e. The van der Waals surface area contributed by atoms with Gasteiger partial charge in [0.15, 0.2) is 0 Å². The summed E-state index contributed by atoms with van der Waals surface area (Å²) in [6.07, 6.45) is 7.25. The monoisotopic (exact) mass is 167 g/mol. The van der Waals surface area contributed by atoms with Crippen LogP contribution >= 0.6 is 0 Å². The normalized spacial score (nSPS) is 20.8. The van der Waals surface area contributed by atoms with Gasteiger partial charge in [-0.2, -0.15) is 0 Å². The molecule has 1 rings (SSSR count). The van der Waals surface area contributed by atoms with Crippen molar-refractivity contribution >= 4 is 0 Å². The smallest absolute Gasteiger partial charge is 0.0310 e. The zero-order valence-electron chi connectivity index (χ0n) is 7.29. The molecule has 0 amide bonds. The van der Waals surface area contributed by atoms with Gasteiger partial charge in [0.2, 0.25) is 0 Å². The second-order valence-electron chi connectivity index (χ2n) is 3.25. The third-order valence-electron chi connectivity index (χ3n) is 2.34. The maximum atomic E-state index is 5.65. The van der Waals surface area contributed by atoms with Gasteiger partial charge in [0.1, 0.15) is 0 Å². The molecule has 0 aliphatic heterocycles. The fourth-order valence-electron chi connectivity index (χ4n) is 1.44. The molecule has 0 aromatic carbocycles. The Morgan fingerprint density at radius 2 is 1.92 bits per heavy atom. The Bertz CT molecular complexity index is 202. The second-order valence-corrected chi connectivity index (χ2v) is 3.25. The maximum absolute atomic E-state index is 5.65. The summed E-state index contributed by atoms with van der Waals surface area (Å²) in [4.78, 5) is 0. The van der Waals surface area contributed by atoms with Crippen molar-refractivity contribution in [3.63, 3.8) is 0 Å². The van der Waals surface area contributed by atoms with E-state index < -0.39 is 0 Å². The van der Waals surface area contributed by atoms with Crippen LogP contribution in [-0.2, 0) is 0 Å². The third kappa shape index (κ3) is 1.75. The van der Waals surface area contributed by atoms with Crippen LogP contribution in [0.1, 0.15) is 6.42 Å². The van der Waals surface area contributed by atoms with E-state index in [9.17, 15) is 0 Å². The van der Waals surface area contributed by atoms with Crippen LogP contribution in [0.4, 0.5) is 0 Å². The van der Waals surface area contributed by atoms with E-state index in [0.717, 1.165) is 6.42 Å². The van der Waals surface area contributed by atoms with Crippen LogP contribution in [0.2, 0.25) is 0 Å². The molecule has 0 radical (unpaired) electrons. The standard InChI is InChI=1S/C9H17N3/c10-5-8-2-1-3-9(4-8,6-11)7-12/h1,3-4H,2,5-7,10-12H2. The predicted octanol–water partition coefficient (Wildman–Crippen LogP) is -0.265. The highest BCUT2D eigenvalue weighted by Crippen LogP contribution is 2.25. The summed E-state index contributed by atoms with van der Waals surface area (Å²) in [7, 11) is 0. The summed E-state index contributed by atoms with van der Waals surface area (Å²) in [6, 6.07) is 0. The molecule has 1 aliphatic carbocycles. The summed E-state index contributed by atoms with van der Waals surface area (Å²) >= 11 is 0. The highest BCUT2D eigenvalue weighted by Gasteiger charge is 2.23. The van der Waals surface area contributed by atoms with Gasteiger partial charge in [-0.15, -0.1) is 0 Å². The lowest BCUT2D eigenvalue weighted by atomic mass is 9.81. The molecule has 3 nitrogen and oxygen atoms in total. The Balaban J connectivity index is 2.81. The number of hydrogen-bond donors (Lipinski definition) is 3. The molecule has 0 atom stereocenters. The molecule has 0 spiro atoms. The Labute approximate surface area is 73.3 Å². The van der Waals surface area contributed by atoms with Crippen molar-refractivity contribution in [2.24, 2.45) is 22.6 Å². The number of hydrogen-bond acceptors (Lipinski definition) is 3. The lowest BCUT2D eigenvalue weighted by Crippen LogP contribution is -2.36. The van der Waals surface area contributed by atoms with Gasteiger partial charge in [0, 0.05) is 25.0 Å². The van der Waals surface area contributed by atoms with Crippen molar-refractivity contribution in [2.75, 3.05) is 19.6 Å². The Hall–Kier alpha value is -0.640. The van der Waals surface area contributed by atoms with E-state index in [1.54, 1.807) is 0 Å². The van der Waals surface area contributed by atoms with Crippen LogP contribution < -0.4 is 17.2 Å². The van der Waals surface area contributed by atoms with Gasteiger partial charge in [-0.05, 0) is 6.42 Å². The van der Waals surface area contributed by atoms with Crippen molar-refractivity contribution in [1.29, 1.82) is 0 Å². The van der Waals surface area contributed by atoms with Crippen molar-refractivity contribution in [3.8, 4) is 0 Å². The Morgan fingerprint density at radius 1 is 1.25 bits per heavy atom. The highest BCUT2D eigenvalue weighted by molar-refractivity contribution is 5.26. The minimum absolute atomic E-state index is 0.132. The molecule has 68 valence electrons. The first-order valence-electron chi connectivity index (χ1n) is 4.25.